The van der Waals surface area contributed by atoms with Crippen LogP contribution in [0.2, 0.25) is 0 Å². The molecule has 0 saturated carbocycles. The van der Waals surface area contributed by atoms with Crippen LogP contribution in [0.5, 0.6) is 0 Å². The third-order valence-corrected chi connectivity index (χ3v) is 2.08. The van der Waals surface area contributed by atoms with E-state index in [0.29, 0.717) is 26.2 Å². The Morgan fingerprint density at radius 1 is 1.06 bits per heavy atom. The lowest BCUT2D eigenvalue weighted by Gasteiger charge is -2.07. The van der Waals surface area contributed by atoms with Crippen LogP contribution in [0.1, 0.15) is 11.1 Å². The van der Waals surface area contributed by atoms with Gasteiger partial charge in [0.2, 0.25) is 0 Å². The Bertz CT molecular complexity index is 308. The van der Waals surface area contributed by atoms with Gasteiger partial charge in [-0.05, 0) is 24.1 Å². The van der Waals surface area contributed by atoms with Crippen LogP contribution in [0.4, 0.5) is 13.2 Å². The van der Waals surface area contributed by atoms with Gasteiger partial charge in [0.25, 0.3) is 0 Å². The van der Waals surface area contributed by atoms with E-state index in [1.807, 2.05) is 0 Å². The molecule has 0 atom stereocenters. The monoisotopic (exact) mass is 233 g/mol. The van der Waals surface area contributed by atoms with Crippen LogP contribution in [0, 0.1) is 0 Å². The average Bonchev–Trinajstić information content (AvgIpc) is 2.24. The van der Waals surface area contributed by atoms with Gasteiger partial charge in [-0.15, -0.1) is 0 Å². The number of alkyl halides is 3. The second kappa shape index (κ2) is 5.86. The number of ether oxygens (including phenoxy) is 1. The van der Waals surface area contributed by atoms with E-state index >= 15 is 0 Å². The zero-order chi connectivity index (χ0) is 12.0. The van der Waals surface area contributed by atoms with Gasteiger partial charge in [-0.25, -0.2) is 0 Å². The Morgan fingerprint density at radius 3 is 2.19 bits per heavy atom. The highest BCUT2D eigenvalue weighted by atomic mass is 19.4. The van der Waals surface area contributed by atoms with Crippen molar-refractivity contribution in [1.29, 1.82) is 0 Å². The normalized spacial score (nSPS) is 11.8. The molecule has 0 spiro atoms. The first-order chi connectivity index (χ1) is 7.54. The van der Waals surface area contributed by atoms with Gasteiger partial charge in [-0.1, -0.05) is 12.1 Å². The predicted molar refractivity (Wildman–Crippen MR) is 55.0 cm³/mol. The summed E-state index contributed by atoms with van der Waals surface area (Å²) >= 11 is 0. The van der Waals surface area contributed by atoms with E-state index in [1.54, 1.807) is 0 Å². The van der Waals surface area contributed by atoms with Crippen molar-refractivity contribution in [3.63, 3.8) is 0 Å². The minimum absolute atomic E-state index is 0.451. The minimum Gasteiger partial charge on any atom is -0.380 e. The van der Waals surface area contributed by atoms with Gasteiger partial charge in [-0.2, -0.15) is 13.2 Å². The summed E-state index contributed by atoms with van der Waals surface area (Å²) in [6.45, 7) is 1.40. The molecule has 0 fully saturated rings. The molecule has 0 amide bonds. The van der Waals surface area contributed by atoms with Gasteiger partial charge in [0, 0.05) is 6.54 Å². The molecule has 0 unspecified atom stereocenters. The second-order valence-corrected chi connectivity index (χ2v) is 3.35. The number of nitrogens with two attached hydrogens (primary N) is 1. The summed E-state index contributed by atoms with van der Waals surface area (Å²) in [4.78, 5) is 0. The lowest BCUT2D eigenvalue weighted by atomic mass is 10.1. The third kappa shape index (κ3) is 4.20. The van der Waals surface area contributed by atoms with Crippen molar-refractivity contribution in [2.24, 2.45) is 5.73 Å². The van der Waals surface area contributed by atoms with Crippen LogP contribution in [-0.2, 0) is 17.3 Å². The highest BCUT2D eigenvalue weighted by Gasteiger charge is 2.29. The smallest absolute Gasteiger partial charge is 0.380 e. The van der Waals surface area contributed by atoms with Crippen molar-refractivity contribution in [2.45, 2.75) is 12.6 Å². The highest BCUT2D eigenvalue weighted by Crippen LogP contribution is 2.29. The average molecular weight is 233 g/mol. The molecular weight excluding hydrogens is 219 g/mol. The number of hydrogen-bond acceptors (Lipinski definition) is 2. The molecule has 0 heterocycles. The maximum atomic E-state index is 12.2. The molecule has 0 aliphatic heterocycles. The lowest BCUT2D eigenvalue weighted by molar-refractivity contribution is -0.137. The molecule has 2 nitrogen and oxygen atoms in total. The quantitative estimate of drug-likeness (QED) is 0.791. The molecule has 2 N–H and O–H groups in total. The fourth-order valence-corrected chi connectivity index (χ4v) is 1.24. The zero-order valence-electron chi connectivity index (χ0n) is 8.76. The second-order valence-electron chi connectivity index (χ2n) is 3.35. The van der Waals surface area contributed by atoms with Crippen LogP contribution >= 0.6 is 0 Å². The fourth-order valence-electron chi connectivity index (χ4n) is 1.24. The lowest BCUT2D eigenvalue weighted by Crippen LogP contribution is -2.10. The number of hydrogen-bond donors (Lipinski definition) is 1. The van der Waals surface area contributed by atoms with Gasteiger partial charge in [0.05, 0.1) is 18.8 Å². The topological polar surface area (TPSA) is 35.2 Å². The molecule has 0 aliphatic carbocycles. The maximum absolute atomic E-state index is 12.2. The molecular formula is C11H14F3NO. The van der Waals surface area contributed by atoms with Crippen LogP contribution in [0.25, 0.3) is 0 Å². The molecule has 1 aromatic rings. The van der Waals surface area contributed by atoms with E-state index in [9.17, 15) is 13.2 Å². The predicted octanol–water partition coefficient (Wildman–Crippen LogP) is 2.22. The molecule has 0 bridgehead atoms. The van der Waals surface area contributed by atoms with Gasteiger partial charge in [0.1, 0.15) is 0 Å². The van der Waals surface area contributed by atoms with Crippen molar-refractivity contribution in [1.82, 2.24) is 0 Å². The van der Waals surface area contributed by atoms with E-state index in [-0.39, 0.29) is 0 Å². The summed E-state index contributed by atoms with van der Waals surface area (Å²) in [6.07, 6.45) is -3.67. The number of halogens is 3. The molecule has 1 rings (SSSR count). The first-order valence-corrected chi connectivity index (χ1v) is 4.98. The molecule has 0 aliphatic rings. The van der Waals surface area contributed by atoms with E-state index in [2.05, 4.69) is 0 Å². The van der Waals surface area contributed by atoms with Crippen molar-refractivity contribution < 1.29 is 17.9 Å². The first-order valence-electron chi connectivity index (χ1n) is 4.98. The summed E-state index contributed by atoms with van der Waals surface area (Å²) in [5, 5.41) is 0. The SMILES string of the molecule is NCCOCCc1ccc(C(F)(F)F)cc1. The summed E-state index contributed by atoms with van der Waals surface area (Å²) in [5.74, 6) is 0. The van der Waals surface area contributed by atoms with Crippen molar-refractivity contribution in [2.75, 3.05) is 19.8 Å². The van der Waals surface area contributed by atoms with Crippen molar-refractivity contribution in [3.05, 3.63) is 35.4 Å². The van der Waals surface area contributed by atoms with Crippen LogP contribution in [0.15, 0.2) is 24.3 Å². The van der Waals surface area contributed by atoms with Crippen molar-refractivity contribution >= 4 is 0 Å². The summed E-state index contributed by atoms with van der Waals surface area (Å²) < 4.78 is 41.8. The largest absolute Gasteiger partial charge is 0.416 e. The molecule has 0 saturated heterocycles. The Labute approximate surface area is 92.2 Å². The van der Waals surface area contributed by atoms with Gasteiger partial charge >= 0.3 is 6.18 Å². The van der Waals surface area contributed by atoms with Crippen LogP contribution in [0.3, 0.4) is 0 Å². The molecule has 90 valence electrons. The highest BCUT2D eigenvalue weighted by molar-refractivity contribution is 5.24. The van der Waals surface area contributed by atoms with E-state index in [1.165, 1.54) is 12.1 Å². The third-order valence-electron chi connectivity index (χ3n) is 2.08. The molecule has 0 radical (unpaired) electrons. The summed E-state index contributed by atoms with van der Waals surface area (Å²) in [7, 11) is 0. The van der Waals surface area contributed by atoms with E-state index in [4.69, 9.17) is 10.5 Å². The van der Waals surface area contributed by atoms with E-state index < -0.39 is 11.7 Å². The Kier molecular flexibility index (Phi) is 4.76. The van der Waals surface area contributed by atoms with Crippen molar-refractivity contribution in [3.8, 4) is 0 Å². The zero-order valence-corrected chi connectivity index (χ0v) is 8.76. The maximum Gasteiger partial charge on any atom is 0.416 e. The Hall–Kier alpha value is -1.07. The minimum atomic E-state index is -4.27. The standard InChI is InChI=1S/C11H14F3NO/c12-11(13,14)10-3-1-9(2-4-10)5-7-16-8-6-15/h1-4H,5-8,15H2. The summed E-state index contributed by atoms with van der Waals surface area (Å²) in [5.41, 5.74) is 5.42. The number of rotatable bonds is 5. The summed E-state index contributed by atoms with van der Waals surface area (Å²) in [6, 6.07) is 5.10. The first kappa shape index (κ1) is 13.0. The Morgan fingerprint density at radius 2 is 1.69 bits per heavy atom. The molecule has 5 heteroatoms. The fraction of sp³-hybridized carbons (Fsp3) is 0.455. The molecule has 0 aromatic heterocycles. The van der Waals surface area contributed by atoms with Gasteiger partial charge in [-0.3, -0.25) is 0 Å². The van der Waals surface area contributed by atoms with E-state index in [0.717, 1.165) is 17.7 Å². The Balaban J connectivity index is 2.46. The van der Waals surface area contributed by atoms with Crippen LogP contribution < -0.4 is 5.73 Å². The van der Waals surface area contributed by atoms with Gasteiger partial charge < -0.3 is 10.5 Å². The van der Waals surface area contributed by atoms with Crippen LogP contribution in [-0.4, -0.2) is 19.8 Å². The molecule has 1 aromatic carbocycles. The molecule has 16 heavy (non-hydrogen) atoms. The van der Waals surface area contributed by atoms with Gasteiger partial charge in [0.15, 0.2) is 0 Å². The number of benzene rings is 1.